The second-order valence-corrected chi connectivity index (χ2v) is 7.50. The molecule has 29 heavy (non-hydrogen) atoms. The second kappa shape index (κ2) is 8.65. The van der Waals surface area contributed by atoms with Gasteiger partial charge in [0.15, 0.2) is 0 Å². The highest BCUT2D eigenvalue weighted by Gasteiger charge is 2.23. The summed E-state index contributed by atoms with van der Waals surface area (Å²) in [7, 11) is 0. The molecule has 0 aliphatic carbocycles. The standard InChI is InChI=1S/C21H28N6O2/c1-16-3-5-18(6-4-16)24-21(28)27-9-7-25(8-10-27)19-15-20(23-17(2)22-19)26-11-13-29-14-12-26/h3-6,15H,7-14H2,1-2H3,(H,24,28). The number of amides is 2. The number of carbonyl (C=O) groups is 1. The van der Waals surface area contributed by atoms with E-state index in [-0.39, 0.29) is 6.03 Å². The first-order valence-electron chi connectivity index (χ1n) is 10.1. The van der Waals surface area contributed by atoms with Crippen molar-refractivity contribution in [1.82, 2.24) is 14.9 Å². The molecule has 8 heteroatoms. The summed E-state index contributed by atoms with van der Waals surface area (Å²) >= 11 is 0. The van der Waals surface area contributed by atoms with Crippen molar-refractivity contribution in [2.24, 2.45) is 0 Å². The fraction of sp³-hybridized carbons (Fsp3) is 0.476. The zero-order valence-corrected chi connectivity index (χ0v) is 17.1. The lowest BCUT2D eigenvalue weighted by Gasteiger charge is -2.36. The Hall–Kier alpha value is -2.87. The third kappa shape index (κ3) is 4.76. The number of urea groups is 1. The van der Waals surface area contributed by atoms with Crippen LogP contribution in [0.3, 0.4) is 0 Å². The summed E-state index contributed by atoms with van der Waals surface area (Å²) in [4.78, 5) is 28.1. The number of hydrogen-bond donors (Lipinski definition) is 1. The Balaban J connectivity index is 1.37. The minimum atomic E-state index is -0.0543. The van der Waals surface area contributed by atoms with E-state index in [1.165, 1.54) is 5.56 Å². The molecule has 2 aliphatic rings. The molecule has 8 nitrogen and oxygen atoms in total. The summed E-state index contributed by atoms with van der Waals surface area (Å²) in [6.07, 6.45) is 0. The number of hydrogen-bond acceptors (Lipinski definition) is 6. The average molecular weight is 396 g/mol. The highest BCUT2D eigenvalue weighted by Crippen LogP contribution is 2.21. The van der Waals surface area contributed by atoms with Crippen molar-refractivity contribution in [3.8, 4) is 0 Å². The number of anilines is 3. The second-order valence-electron chi connectivity index (χ2n) is 7.50. The van der Waals surface area contributed by atoms with Gasteiger partial charge in [0.1, 0.15) is 17.5 Å². The summed E-state index contributed by atoms with van der Waals surface area (Å²) in [5, 5.41) is 2.98. The molecule has 154 valence electrons. The van der Waals surface area contributed by atoms with Gasteiger partial charge >= 0.3 is 6.03 Å². The summed E-state index contributed by atoms with van der Waals surface area (Å²) in [5.74, 6) is 2.65. The van der Waals surface area contributed by atoms with Gasteiger partial charge < -0.3 is 24.8 Å². The molecular formula is C21H28N6O2. The molecule has 1 aromatic heterocycles. The fourth-order valence-electron chi connectivity index (χ4n) is 3.63. The van der Waals surface area contributed by atoms with E-state index >= 15 is 0 Å². The van der Waals surface area contributed by atoms with Crippen LogP contribution in [0.1, 0.15) is 11.4 Å². The average Bonchev–Trinajstić information content (AvgIpc) is 2.75. The van der Waals surface area contributed by atoms with Gasteiger partial charge in [-0.05, 0) is 26.0 Å². The van der Waals surface area contributed by atoms with Crippen LogP contribution in [0.4, 0.5) is 22.1 Å². The van der Waals surface area contributed by atoms with Crippen molar-refractivity contribution in [2.75, 3.05) is 67.6 Å². The van der Waals surface area contributed by atoms with Gasteiger partial charge in [-0.1, -0.05) is 17.7 Å². The van der Waals surface area contributed by atoms with Gasteiger partial charge in [-0.15, -0.1) is 0 Å². The first-order valence-corrected chi connectivity index (χ1v) is 10.1. The van der Waals surface area contributed by atoms with Crippen LogP contribution < -0.4 is 15.1 Å². The molecule has 2 aliphatic heterocycles. The van der Waals surface area contributed by atoms with E-state index in [0.29, 0.717) is 13.1 Å². The summed E-state index contributed by atoms with van der Waals surface area (Å²) in [6, 6.07) is 9.86. The summed E-state index contributed by atoms with van der Waals surface area (Å²) < 4.78 is 5.44. The monoisotopic (exact) mass is 396 g/mol. The predicted molar refractivity (Wildman–Crippen MR) is 114 cm³/mol. The highest BCUT2D eigenvalue weighted by atomic mass is 16.5. The van der Waals surface area contributed by atoms with Crippen molar-refractivity contribution < 1.29 is 9.53 Å². The van der Waals surface area contributed by atoms with Gasteiger partial charge in [-0.3, -0.25) is 0 Å². The molecule has 2 fully saturated rings. The number of piperazine rings is 1. The maximum absolute atomic E-state index is 12.6. The first kappa shape index (κ1) is 19.4. The third-order valence-electron chi connectivity index (χ3n) is 5.34. The molecule has 2 amide bonds. The van der Waals surface area contributed by atoms with Crippen molar-refractivity contribution in [1.29, 1.82) is 0 Å². The topological polar surface area (TPSA) is 73.8 Å². The van der Waals surface area contributed by atoms with E-state index in [2.05, 4.69) is 31.2 Å². The normalized spacial score (nSPS) is 17.4. The predicted octanol–water partition coefficient (Wildman–Crippen LogP) is 2.28. The van der Waals surface area contributed by atoms with Crippen molar-refractivity contribution in [3.05, 3.63) is 41.7 Å². The molecule has 0 radical (unpaired) electrons. The van der Waals surface area contributed by atoms with Gasteiger partial charge in [0.05, 0.1) is 13.2 Å². The number of rotatable bonds is 3. The number of nitrogens with zero attached hydrogens (tertiary/aromatic N) is 5. The minimum Gasteiger partial charge on any atom is -0.378 e. The number of ether oxygens (including phenoxy) is 1. The number of nitrogens with one attached hydrogen (secondary N) is 1. The zero-order chi connectivity index (χ0) is 20.2. The lowest BCUT2D eigenvalue weighted by molar-refractivity contribution is 0.122. The van der Waals surface area contributed by atoms with E-state index in [1.54, 1.807) is 0 Å². The zero-order valence-electron chi connectivity index (χ0n) is 17.1. The number of morpholine rings is 1. The maximum atomic E-state index is 12.6. The number of benzene rings is 1. The van der Waals surface area contributed by atoms with Crippen LogP contribution in [-0.4, -0.2) is 73.4 Å². The molecule has 0 bridgehead atoms. The molecule has 3 heterocycles. The lowest BCUT2D eigenvalue weighted by Crippen LogP contribution is -2.50. The van der Waals surface area contributed by atoms with E-state index in [0.717, 1.165) is 62.5 Å². The van der Waals surface area contributed by atoms with Crippen LogP contribution in [0, 0.1) is 13.8 Å². The Bertz CT molecular complexity index is 843. The van der Waals surface area contributed by atoms with E-state index in [1.807, 2.05) is 43.0 Å². The van der Waals surface area contributed by atoms with Crippen LogP contribution >= 0.6 is 0 Å². The minimum absolute atomic E-state index is 0.0543. The van der Waals surface area contributed by atoms with E-state index in [4.69, 9.17) is 4.74 Å². The fourth-order valence-corrected chi connectivity index (χ4v) is 3.63. The Kier molecular flexibility index (Phi) is 5.80. The van der Waals surface area contributed by atoms with Crippen molar-refractivity contribution in [2.45, 2.75) is 13.8 Å². The first-order chi connectivity index (χ1) is 14.1. The molecule has 4 rings (SSSR count). The van der Waals surface area contributed by atoms with Crippen LogP contribution in [-0.2, 0) is 4.74 Å². The maximum Gasteiger partial charge on any atom is 0.321 e. The van der Waals surface area contributed by atoms with Gasteiger partial charge in [-0.25, -0.2) is 14.8 Å². The van der Waals surface area contributed by atoms with Crippen molar-refractivity contribution in [3.63, 3.8) is 0 Å². The Labute approximate surface area is 171 Å². The largest absolute Gasteiger partial charge is 0.378 e. The smallest absolute Gasteiger partial charge is 0.321 e. The lowest BCUT2D eigenvalue weighted by atomic mass is 10.2. The molecule has 0 spiro atoms. The van der Waals surface area contributed by atoms with Crippen LogP contribution in [0.2, 0.25) is 0 Å². The SMILES string of the molecule is Cc1ccc(NC(=O)N2CCN(c3cc(N4CCOCC4)nc(C)n3)CC2)cc1. The summed E-state index contributed by atoms with van der Waals surface area (Å²) in [6.45, 7) is 9.94. The molecule has 0 atom stereocenters. The van der Waals surface area contributed by atoms with E-state index in [9.17, 15) is 4.79 Å². The molecule has 0 unspecified atom stereocenters. The summed E-state index contributed by atoms with van der Waals surface area (Å²) in [5.41, 5.74) is 2.00. The highest BCUT2D eigenvalue weighted by molar-refractivity contribution is 5.89. The van der Waals surface area contributed by atoms with Crippen molar-refractivity contribution >= 4 is 23.4 Å². The van der Waals surface area contributed by atoms with E-state index < -0.39 is 0 Å². The number of aromatic nitrogens is 2. The Morgan fingerprint density at radius 2 is 1.48 bits per heavy atom. The quantitative estimate of drug-likeness (QED) is 0.858. The van der Waals surface area contributed by atoms with Crippen LogP contribution in [0.15, 0.2) is 30.3 Å². The van der Waals surface area contributed by atoms with Gasteiger partial charge in [0, 0.05) is 51.0 Å². The third-order valence-corrected chi connectivity index (χ3v) is 5.34. The molecule has 1 aromatic carbocycles. The van der Waals surface area contributed by atoms with Crippen LogP contribution in [0.5, 0.6) is 0 Å². The Morgan fingerprint density at radius 1 is 0.897 bits per heavy atom. The van der Waals surface area contributed by atoms with Gasteiger partial charge in [-0.2, -0.15) is 0 Å². The Morgan fingerprint density at radius 3 is 2.10 bits per heavy atom. The van der Waals surface area contributed by atoms with Gasteiger partial charge in [0.25, 0.3) is 0 Å². The van der Waals surface area contributed by atoms with Gasteiger partial charge in [0.2, 0.25) is 0 Å². The molecule has 1 N–H and O–H groups in total. The number of aryl methyl sites for hydroxylation is 2. The van der Waals surface area contributed by atoms with Crippen LogP contribution in [0.25, 0.3) is 0 Å². The number of carbonyl (C=O) groups excluding carboxylic acids is 1. The molecule has 2 aromatic rings. The molecular weight excluding hydrogens is 368 g/mol. The molecule has 0 saturated carbocycles. The molecule has 2 saturated heterocycles.